The van der Waals surface area contributed by atoms with Gasteiger partial charge in [0, 0.05) is 18.8 Å². The van der Waals surface area contributed by atoms with E-state index in [1.54, 1.807) is 6.92 Å². The third-order valence-electron chi connectivity index (χ3n) is 3.41. The van der Waals surface area contributed by atoms with Gasteiger partial charge in [0.05, 0.1) is 5.56 Å². The molecule has 0 saturated carbocycles. The fraction of sp³-hybridized carbons (Fsp3) is 0.500. The van der Waals surface area contributed by atoms with Crippen molar-refractivity contribution in [2.45, 2.75) is 26.1 Å². The summed E-state index contributed by atoms with van der Waals surface area (Å²) in [5.74, 6) is 0. The van der Waals surface area contributed by atoms with Crippen molar-refractivity contribution in [3.8, 4) is 0 Å². The average molecular weight is 301 g/mol. The number of anilines is 1. The van der Waals surface area contributed by atoms with E-state index in [0.717, 1.165) is 11.8 Å². The summed E-state index contributed by atoms with van der Waals surface area (Å²) < 4.78 is 43.2. The number of alkyl halides is 3. The number of nitrogens with zero attached hydrogens (tertiary/aromatic N) is 2. The molecule has 1 aromatic carbocycles. The van der Waals surface area contributed by atoms with Crippen LogP contribution in [0, 0.1) is 6.92 Å². The number of amidine groups is 1. The second kappa shape index (κ2) is 5.83. The number of aliphatic imine (C=N–C) groups is 1. The molecule has 0 aliphatic carbocycles. The second-order valence-corrected chi connectivity index (χ2v) is 4.97. The minimum atomic E-state index is -4.32. The van der Waals surface area contributed by atoms with Crippen LogP contribution in [-0.2, 0) is 10.9 Å². The van der Waals surface area contributed by atoms with Crippen LogP contribution >= 0.6 is 0 Å². The maximum Gasteiger partial charge on any atom is 0.416 e. The van der Waals surface area contributed by atoms with Crippen LogP contribution in [0.1, 0.15) is 18.1 Å². The van der Waals surface area contributed by atoms with E-state index in [9.17, 15) is 13.2 Å². The lowest BCUT2D eigenvalue weighted by Gasteiger charge is -2.27. The summed E-state index contributed by atoms with van der Waals surface area (Å²) in [4.78, 5) is 6.12. The Kier molecular flexibility index (Phi) is 4.29. The van der Waals surface area contributed by atoms with Gasteiger partial charge in [-0.2, -0.15) is 13.2 Å². The van der Waals surface area contributed by atoms with Crippen LogP contribution < -0.4 is 10.6 Å². The van der Waals surface area contributed by atoms with Crippen LogP contribution in [-0.4, -0.2) is 31.8 Å². The number of hydrogen-bond donors (Lipinski definition) is 1. The zero-order valence-corrected chi connectivity index (χ0v) is 11.9. The van der Waals surface area contributed by atoms with Gasteiger partial charge in [0.1, 0.15) is 12.6 Å². The zero-order chi connectivity index (χ0) is 15.6. The molecule has 2 N–H and O–H groups in total. The Balaban J connectivity index is 2.18. The largest absolute Gasteiger partial charge is 0.463 e. The summed E-state index contributed by atoms with van der Waals surface area (Å²) in [6, 6.07) is 3.85. The first-order valence-electron chi connectivity index (χ1n) is 6.70. The van der Waals surface area contributed by atoms with E-state index in [0.29, 0.717) is 25.3 Å². The summed E-state index contributed by atoms with van der Waals surface area (Å²) in [5, 5.41) is 0. The SMILES string of the molecule is CCN(C[C@H]1COC(N)=N1)c1ccc(C(F)(F)F)cc1C. The number of nitrogens with two attached hydrogens (primary N) is 1. The maximum atomic E-state index is 12.7. The molecule has 0 radical (unpaired) electrons. The molecular weight excluding hydrogens is 283 g/mol. The van der Waals surface area contributed by atoms with E-state index in [-0.39, 0.29) is 12.1 Å². The Morgan fingerprint density at radius 2 is 2.14 bits per heavy atom. The van der Waals surface area contributed by atoms with E-state index >= 15 is 0 Å². The Bertz CT molecular complexity index is 543. The van der Waals surface area contributed by atoms with E-state index in [2.05, 4.69) is 4.99 Å². The molecule has 1 aromatic rings. The highest BCUT2D eigenvalue weighted by molar-refractivity contribution is 5.73. The molecule has 1 atom stereocenters. The predicted molar refractivity (Wildman–Crippen MR) is 75.4 cm³/mol. The third-order valence-corrected chi connectivity index (χ3v) is 3.41. The lowest BCUT2D eigenvalue weighted by atomic mass is 10.1. The first-order valence-corrected chi connectivity index (χ1v) is 6.70. The zero-order valence-electron chi connectivity index (χ0n) is 11.9. The molecule has 0 spiro atoms. The monoisotopic (exact) mass is 301 g/mol. The summed E-state index contributed by atoms with van der Waals surface area (Å²) in [6.45, 7) is 5.25. The Morgan fingerprint density at radius 3 is 2.62 bits per heavy atom. The van der Waals surface area contributed by atoms with Gasteiger partial charge in [0.15, 0.2) is 0 Å². The van der Waals surface area contributed by atoms with Gasteiger partial charge in [-0.1, -0.05) is 0 Å². The Labute approximate surface area is 121 Å². The van der Waals surface area contributed by atoms with E-state index in [1.165, 1.54) is 12.1 Å². The maximum absolute atomic E-state index is 12.7. The van der Waals surface area contributed by atoms with Crippen molar-refractivity contribution in [2.75, 3.05) is 24.6 Å². The molecule has 21 heavy (non-hydrogen) atoms. The molecule has 0 amide bonds. The smallest absolute Gasteiger partial charge is 0.416 e. The van der Waals surface area contributed by atoms with Crippen LogP contribution in [0.2, 0.25) is 0 Å². The van der Waals surface area contributed by atoms with E-state index in [1.807, 2.05) is 11.8 Å². The van der Waals surface area contributed by atoms with Crippen molar-refractivity contribution in [3.63, 3.8) is 0 Å². The number of hydrogen-bond acceptors (Lipinski definition) is 4. The lowest BCUT2D eigenvalue weighted by molar-refractivity contribution is -0.137. The lowest BCUT2D eigenvalue weighted by Crippen LogP contribution is -2.32. The van der Waals surface area contributed by atoms with Crippen molar-refractivity contribution in [3.05, 3.63) is 29.3 Å². The minimum Gasteiger partial charge on any atom is -0.463 e. The number of halogens is 3. The minimum absolute atomic E-state index is 0.0911. The standard InChI is InChI=1S/C14H18F3N3O/c1-3-20(7-11-8-21-13(18)19-11)12-5-4-10(6-9(12)2)14(15,16)17/h4-6,11H,3,7-8H2,1-2H3,(H2,18,19)/t11-/m0/s1. The molecular formula is C14H18F3N3O. The van der Waals surface area contributed by atoms with Gasteiger partial charge in [-0.05, 0) is 37.6 Å². The molecule has 0 unspecified atom stereocenters. The number of ether oxygens (including phenoxy) is 1. The molecule has 7 heteroatoms. The van der Waals surface area contributed by atoms with Gasteiger partial charge in [-0.3, -0.25) is 0 Å². The number of rotatable bonds is 4. The molecule has 1 aliphatic rings. The quantitative estimate of drug-likeness (QED) is 0.930. The molecule has 2 rings (SSSR count). The highest BCUT2D eigenvalue weighted by Gasteiger charge is 2.31. The van der Waals surface area contributed by atoms with Crippen LogP contribution in [0.4, 0.5) is 18.9 Å². The predicted octanol–water partition coefficient (Wildman–Crippen LogP) is 2.55. The fourth-order valence-corrected chi connectivity index (χ4v) is 2.37. The number of likely N-dealkylation sites (N-methyl/N-ethyl adjacent to an activating group) is 1. The number of aryl methyl sites for hydroxylation is 1. The molecule has 4 nitrogen and oxygen atoms in total. The molecule has 0 saturated heterocycles. The van der Waals surface area contributed by atoms with Crippen molar-refractivity contribution in [1.82, 2.24) is 0 Å². The first-order chi connectivity index (χ1) is 9.81. The van der Waals surface area contributed by atoms with Gasteiger partial charge < -0.3 is 15.4 Å². The second-order valence-electron chi connectivity index (χ2n) is 4.97. The number of benzene rings is 1. The highest BCUT2D eigenvalue weighted by Crippen LogP contribution is 2.32. The summed E-state index contributed by atoms with van der Waals surface area (Å²) in [7, 11) is 0. The average Bonchev–Trinajstić information content (AvgIpc) is 2.81. The summed E-state index contributed by atoms with van der Waals surface area (Å²) in [6.07, 6.45) is -4.32. The third kappa shape index (κ3) is 3.59. The van der Waals surface area contributed by atoms with Crippen molar-refractivity contribution < 1.29 is 17.9 Å². The Morgan fingerprint density at radius 1 is 1.43 bits per heavy atom. The Hall–Kier alpha value is -1.92. The molecule has 0 bridgehead atoms. The van der Waals surface area contributed by atoms with Crippen molar-refractivity contribution >= 4 is 11.7 Å². The molecule has 1 heterocycles. The molecule has 116 valence electrons. The topological polar surface area (TPSA) is 50.9 Å². The fourth-order valence-electron chi connectivity index (χ4n) is 2.37. The van der Waals surface area contributed by atoms with Crippen molar-refractivity contribution in [2.24, 2.45) is 10.7 Å². The van der Waals surface area contributed by atoms with Crippen molar-refractivity contribution in [1.29, 1.82) is 0 Å². The van der Waals surface area contributed by atoms with Crippen LogP contribution in [0.25, 0.3) is 0 Å². The van der Waals surface area contributed by atoms with Crippen LogP contribution in [0.5, 0.6) is 0 Å². The van der Waals surface area contributed by atoms with Gasteiger partial charge in [0.2, 0.25) is 0 Å². The van der Waals surface area contributed by atoms with E-state index < -0.39 is 11.7 Å². The van der Waals surface area contributed by atoms with E-state index in [4.69, 9.17) is 10.5 Å². The van der Waals surface area contributed by atoms with Gasteiger partial charge in [-0.25, -0.2) is 4.99 Å². The molecule has 0 aromatic heterocycles. The van der Waals surface area contributed by atoms with Crippen LogP contribution in [0.3, 0.4) is 0 Å². The normalized spacial score (nSPS) is 18.3. The van der Waals surface area contributed by atoms with Gasteiger partial charge in [0.25, 0.3) is 6.02 Å². The van der Waals surface area contributed by atoms with Gasteiger partial charge >= 0.3 is 6.18 Å². The van der Waals surface area contributed by atoms with Crippen LogP contribution in [0.15, 0.2) is 23.2 Å². The first kappa shape index (κ1) is 15.5. The van der Waals surface area contributed by atoms with Gasteiger partial charge in [-0.15, -0.1) is 0 Å². The summed E-state index contributed by atoms with van der Waals surface area (Å²) >= 11 is 0. The molecule has 1 aliphatic heterocycles. The highest BCUT2D eigenvalue weighted by atomic mass is 19.4. The molecule has 0 fully saturated rings. The summed E-state index contributed by atoms with van der Waals surface area (Å²) in [5.41, 5.74) is 6.19.